The van der Waals surface area contributed by atoms with Gasteiger partial charge in [0.05, 0.1) is 42.6 Å². The highest BCUT2D eigenvalue weighted by Crippen LogP contribution is 2.40. The van der Waals surface area contributed by atoms with Gasteiger partial charge in [-0.15, -0.1) is 0 Å². The first kappa shape index (κ1) is 48.1. The van der Waals surface area contributed by atoms with Crippen molar-refractivity contribution in [2.24, 2.45) is 0 Å². The zero-order chi connectivity index (χ0) is 47.4. The van der Waals surface area contributed by atoms with Gasteiger partial charge in [0.2, 0.25) is 6.29 Å². The van der Waals surface area contributed by atoms with E-state index in [4.69, 9.17) is 56.8 Å². The number of methoxy groups -OCH3 is 1. The van der Waals surface area contributed by atoms with Crippen LogP contribution in [-0.4, -0.2) is 152 Å². The topological polar surface area (TPSA) is 251 Å². The van der Waals surface area contributed by atoms with Crippen molar-refractivity contribution in [3.63, 3.8) is 0 Å². The molecule has 21 nitrogen and oxygen atoms in total. The van der Waals surface area contributed by atoms with Gasteiger partial charge in [-0.25, -0.2) is 9.59 Å². The summed E-state index contributed by atoms with van der Waals surface area (Å²) < 4.78 is 70.9. The second kappa shape index (κ2) is 20.4. The highest BCUT2D eigenvalue weighted by Gasteiger charge is 2.60. The van der Waals surface area contributed by atoms with E-state index in [2.05, 4.69) is 0 Å². The minimum atomic E-state index is -1.65. The molecule has 4 fully saturated rings. The number of carbonyl (C=O) groups excluding carboxylic acids is 8. The van der Waals surface area contributed by atoms with Crippen LogP contribution >= 0.6 is 0 Å². The molecule has 0 N–H and O–H groups in total. The molecule has 0 bridgehead atoms. The Bertz CT molecular complexity index is 2140. The lowest BCUT2D eigenvalue weighted by Gasteiger charge is -2.50. The molecule has 0 unspecified atom stereocenters. The maximum absolute atomic E-state index is 14.0. The maximum atomic E-state index is 14.0. The summed E-state index contributed by atoms with van der Waals surface area (Å²) >= 11 is 0. The molecule has 21 heteroatoms. The van der Waals surface area contributed by atoms with Crippen LogP contribution in [0, 0.1) is 0 Å². The lowest BCUT2D eigenvalue weighted by molar-refractivity contribution is -0.397. The van der Waals surface area contributed by atoms with E-state index in [1.165, 1.54) is 38.3 Å². The molecule has 1 saturated carbocycles. The third kappa shape index (κ3) is 10.4. The molecule has 1 aliphatic carbocycles. The van der Waals surface area contributed by atoms with Gasteiger partial charge < -0.3 is 56.8 Å². The van der Waals surface area contributed by atoms with E-state index in [-0.39, 0.29) is 49.0 Å². The fourth-order valence-electron chi connectivity index (χ4n) is 8.69. The monoisotopic (exact) mass is 925 g/mol. The van der Waals surface area contributed by atoms with Crippen LogP contribution in [0.15, 0.2) is 54.6 Å². The summed E-state index contributed by atoms with van der Waals surface area (Å²) in [7, 11) is 1.18. The Labute approximate surface area is 378 Å². The van der Waals surface area contributed by atoms with E-state index >= 15 is 0 Å². The Kier molecular flexibility index (Phi) is 14.8. The molecule has 5 aliphatic rings. The van der Waals surface area contributed by atoms with E-state index in [0.29, 0.717) is 0 Å². The SMILES string of the molecule is COC(=O)[C@@]1(C)CO[C@@H]2O[C@H](OC3CCC(O[C@@H]4O[C@H](COC(C)=O)[C@@H](OC(C)=O)[C@H](OC(C)=O)[C@H]4N4C(=O)c5ccccc5C4=O)CC3)[C@@H](OC(C)=O)[C@H](OC(=O)c3ccccc3)[C@@H]2O1. The van der Waals surface area contributed by atoms with E-state index < -0.39 is 134 Å². The smallest absolute Gasteiger partial charge is 0.340 e. The van der Waals surface area contributed by atoms with Gasteiger partial charge in [0.25, 0.3) is 11.8 Å². The number of fused-ring (bicyclic) bond motifs is 2. The van der Waals surface area contributed by atoms with Gasteiger partial charge in [-0.05, 0) is 56.9 Å². The summed E-state index contributed by atoms with van der Waals surface area (Å²) in [6.45, 7) is 5.16. The predicted molar refractivity (Wildman–Crippen MR) is 216 cm³/mol. The average Bonchev–Trinajstić information content (AvgIpc) is 3.53. The Morgan fingerprint density at radius 1 is 0.667 bits per heavy atom. The molecule has 0 spiro atoms. The second-order valence-electron chi connectivity index (χ2n) is 16.5. The summed E-state index contributed by atoms with van der Waals surface area (Å²) in [6.07, 6.45) is -12.8. The maximum Gasteiger partial charge on any atom is 0.340 e. The second-order valence-corrected chi connectivity index (χ2v) is 16.5. The van der Waals surface area contributed by atoms with E-state index in [1.54, 1.807) is 30.3 Å². The Balaban J connectivity index is 1.12. The number of carbonyl (C=O) groups is 8. The molecule has 356 valence electrons. The minimum absolute atomic E-state index is 0.0783. The van der Waals surface area contributed by atoms with Crippen LogP contribution in [0.1, 0.15) is 91.4 Å². The lowest BCUT2D eigenvalue weighted by atomic mass is 9.92. The molecule has 2 aromatic carbocycles. The van der Waals surface area contributed by atoms with Crippen molar-refractivity contribution < 1.29 is 95.2 Å². The standard InChI is InChI=1S/C45H51NO20/c1-22(47)56-20-31-33(58-23(2)48)34(59-24(3)49)32(46-38(51)29-14-10-11-15-30(29)39(46)52)41(63-31)61-27-16-18-28(19-17-27)62-43-36(60-25(4)50)35(64-40(53)26-12-8-7-9-13-26)37-42(65-43)57-21-45(5,66-37)44(54)55-6/h7-15,27-28,31-37,41-43H,16-21H2,1-6H3/t27?,28?,31-,32-,33-,34-,35+,36+,37+,41-,42-,43+,45-/m1/s1. The quantitative estimate of drug-likeness (QED) is 0.159. The van der Waals surface area contributed by atoms with E-state index in [9.17, 15) is 38.4 Å². The number of imide groups is 1. The zero-order valence-electron chi connectivity index (χ0n) is 37.0. The fourth-order valence-corrected chi connectivity index (χ4v) is 8.69. The van der Waals surface area contributed by atoms with Crippen LogP contribution in [0.5, 0.6) is 0 Å². The van der Waals surface area contributed by atoms with Crippen LogP contribution in [-0.2, 0) is 80.8 Å². The Morgan fingerprint density at radius 3 is 1.77 bits per heavy atom. The molecule has 2 aromatic rings. The van der Waals surface area contributed by atoms with E-state index in [0.717, 1.165) is 32.6 Å². The van der Waals surface area contributed by atoms with Crippen molar-refractivity contribution in [1.29, 1.82) is 0 Å². The molecule has 0 radical (unpaired) electrons. The van der Waals surface area contributed by atoms with E-state index in [1.807, 2.05) is 0 Å². The van der Waals surface area contributed by atoms with Gasteiger partial charge in [-0.2, -0.15) is 0 Å². The molecule has 7 rings (SSSR count). The van der Waals surface area contributed by atoms with Gasteiger partial charge in [0, 0.05) is 27.7 Å². The number of esters is 6. The third-order valence-corrected chi connectivity index (χ3v) is 11.6. The van der Waals surface area contributed by atoms with Crippen molar-refractivity contribution in [3.05, 3.63) is 71.3 Å². The first-order valence-corrected chi connectivity index (χ1v) is 21.4. The molecule has 4 heterocycles. The summed E-state index contributed by atoms with van der Waals surface area (Å²) in [4.78, 5) is 105. The van der Waals surface area contributed by atoms with Crippen molar-refractivity contribution in [2.45, 2.75) is 140 Å². The van der Waals surface area contributed by atoms with Crippen molar-refractivity contribution in [2.75, 3.05) is 20.3 Å². The number of ether oxygens (including phenoxy) is 12. The molecule has 0 aromatic heterocycles. The van der Waals surface area contributed by atoms with Crippen molar-refractivity contribution in [1.82, 2.24) is 4.90 Å². The number of nitrogens with zero attached hydrogens (tertiary/aromatic N) is 1. The first-order chi connectivity index (χ1) is 31.5. The molecular weight excluding hydrogens is 874 g/mol. The molecule has 4 aliphatic heterocycles. The average molecular weight is 926 g/mol. The summed E-state index contributed by atoms with van der Waals surface area (Å²) in [5.41, 5.74) is -1.32. The Hall–Kier alpha value is -5.84. The van der Waals surface area contributed by atoms with Crippen LogP contribution in [0.25, 0.3) is 0 Å². The van der Waals surface area contributed by atoms with Gasteiger partial charge in [-0.1, -0.05) is 30.3 Å². The van der Waals surface area contributed by atoms with Crippen LogP contribution in [0.3, 0.4) is 0 Å². The number of benzene rings is 2. The number of hydrogen-bond acceptors (Lipinski definition) is 20. The van der Waals surface area contributed by atoms with Gasteiger partial charge in [0.15, 0.2) is 48.7 Å². The molecule has 2 amide bonds. The third-order valence-electron chi connectivity index (χ3n) is 11.6. The zero-order valence-corrected chi connectivity index (χ0v) is 37.0. The molecule has 66 heavy (non-hydrogen) atoms. The van der Waals surface area contributed by atoms with Crippen LogP contribution in [0.4, 0.5) is 0 Å². The molecule has 3 saturated heterocycles. The number of amides is 2. The summed E-state index contributed by atoms with van der Waals surface area (Å²) in [5, 5.41) is 0. The fraction of sp³-hybridized carbons (Fsp3) is 0.556. The van der Waals surface area contributed by atoms with Crippen molar-refractivity contribution in [3.8, 4) is 0 Å². The predicted octanol–water partition coefficient (Wildman–Crippen LogP) is 2.33. The van der Waals surface area contributed by atoms with Crippen molar-refractivity contribution >= 4 is 47.6 Å². The van der Waals surface area contributed by atoms with Crippen LogP contribution < -0.4 is 0 Å². The summed E-state index contributed by atoms with van der Waals surface area (Å²) in [5.74, 6) is -6.16. The number of rotatable bonds is 13. The highest BCUT2D eigenvalue weighted by atomic mass is 16.8. The Morgan fingerprint density at radius 2 is 1.21 bits per heavy atom. The number of hydrogen-bond donors (Lipinski definition) is 0. The lowest BCUT2D eigenvalue weighted by Crippen LogP contribution is -2.68. The van der Waals surface area contributed by atoms with Gasteiger partial charge in [0.1, 0.15) is 18.8 Å². The van der Waals surface area contributed by atoms with Crippen LogP contribution in [0.2, 0.25) is 0 Å². The largest absolute Gasteiger partial charge is 0.467 e. The van der Waals surface area contributed by atoms with Gasteiger partial charge >= 0.3 is 35.8 Å². The first-order valence-electron chi connectivity index (χ1n) is 21.4. The highest BCUT2D eigenvalue weighted by molar-refractivity contribution is 6.21. The normalized spacial score (nSPS) is 32.8. The summed E-state index contributed by atoms with van der Waals surface area (Å²) in [6, 6.07) is 12.6. The van der Waals surface area contributed by atoms with Gasteiger partial charge in [-0.3, -0.25) is 33.7 Å². The molecule has 11 atom stereocenters. The molecular formula is C45H51NO20. The minimum Gasteiger partial charge on any atom is -0.467 e.